The van der Waals surface area contributed by atoms with Gasteiger partial charge in [0.1, 0.15) is 10.5 Å². The average Bonchev–Trinajstić information content (AvgIpc) is 3.10. The number of benzene rings is 1. The molecule has 164 valence electrons. The Labute approximate surface area is 172 Å². The van der Waals surface area contributed by atoms with Gasteiger partial charge in [0.05, 0.1) is 13.2 Å². The quantitative estimate of drug-likeness (QED) is 0.776. The number of morpholine rings is 1. The fourth-order valence-corrected chi connectivity index (χ4v) is 3.75. The molecular formula is C19H30N2O7S. The minimum Gasteiger partial charge on any atom is -0.454 e. The van der Waals surface area contributed by atoms with Gasteiger partial charge in [-0.15, -0.1) is 0 Å². The lowest BCUT2D eigenvalue weighted by Crippen LogP contribution is -2.36. The number of para-hydroxylation sites is 1. The van der Waals surface area contributed by atoms with E-state index >= 15 is 0 Å². The van der Waals surface area contributed by atoms with Gasteiger partial charge in [-0.3, -0.25) is 4.90 Å². The van der Waals surface area contributed by atoms with Crippen LogP contribution in [0.4, 0.5) is 4.79 Å². The molecule has 1 saturated heterocycles. The lowest BCUT2D eigenvalue weighted by Gasteiger charge is -2.25. The van der Waals surface area contributed by atoms with E-state index in [0.29, 0.717) is 5.75 Å². The van der Waals surface area contributed by atoms with Crippen molar-refractivity contribution < 1.29 is 32.2 Å². The van der Waals surface area contributed by atoms with Gasteiger partial charge in [0, 0.05) is 13.1 Å². The first-order valence-corrected chi connectivity index (χ1v) is 11.0. The van der Waals surface area contributed by atoms with E-state index in [-0.39, 0.29) is 17.4 Å². The number of amides is 1. The van der Waals surface area contributed by atoms with E-state index in [2.05, 4.69) is 11.8 Å². The summed E-state index contributed by atoms with van der Waals surface area (Å²) in [5.41, 5.74) is -0.794. The monoisotopic (exact) mass is 430 g/mol. The largest absolute Gasteiger partial charge is 0.454 e. The molecule has 10 heteroatoms. The SMILES string of the molecule is CC(C)(C)OC(=O)NS(=O)(=O)c1cccc2c1OCO2.CCCN1CCOCC1. The Morgan fingerprint density at radius 2 is 1.90 bits per heavy atom. The molecule has 0 unspecified atom stereocenters. The molecule has 1 N–H and O–H groups in total. The van der Waals surface area contributed by atoms with Crippen molar-refractivity contribution in [3.05, 3.63) is 18.2 Å². The summed E-state index contributed by atoms with van der Waals surface area (Å²) in [5, 5.41) is 0. The number of hydrogen-bond acceptors (Lipinski definition) is 8. The summed E-state index contributed by atoms with van der Waals surface area (Å²) in [6.07, 6.45) is 0.217. The van der Waals surface area contributed by atoms with Gasteiger partial charge in [-0.2, -0.15) is 0 Å². The van der Waals surface area contributed by atoms with Crippen LogP contribution in [0.2, 0.25) is 0 Å². The van der Waals surface area contributed by atoms with Crippen molar-refractivity contribution in [2.45, 2.75) is 44.6 Å². The Balaban J connectivity index is 0.000000278. The molecule has 0 atom stereocenters. The van der Waals surface area contributed by atoms with Crippen LogP contribution in [-0.2, 0) is 19.5 Å². The third-order valence-corrected chi connectivity index (χ3v) is 5.25. The van der Waals surface area contributed by atoms with E-state index in [0.717, 1.165) is 26.3 Å². The highest BCUT2D eigenvalue weighted by atomic mass is 32.2. The molecule has 0 radical (unpaired) electrons. The summed E-state index contributed by atoms with van der Waals surface area (Å²) >= 11 is 0. The fourth-order valence-electron chi connectivity index (χ4n) is 2.72. The van der Waals surface area contributed by atoms with Crippen molar-refractivity contribution in [1.82, 2.24) is 9.62 Å². The summed E-state index contributed by atoms with van der Waals surface area (Å²) in [6, 6.07) is 4.40. The second-order valence-corrected chi connectivity index (χ2v) is 9.20. The van der Waals surface area contributed by atoms with Crippen LogP contribution < -0.4 is 14.2 Å². The van der Waals surface area contributed by atoms with Crippen LogP contribution >= 0.6 is 0 Å². The number of fused-ring (bicyclic) bond motifs is 1. The molecule has 0 saturated carbocycles. The Morgan fingerprint density at radius 3 is 2.52 bits per heavy atom. The van der Waals surface area contributed by atoms with Gasteiger partial charge in [-0.1, -0.05) is 13.0 Å². The molecule has 1 aromatic rings. The maximum Gasteiger partial charge on any atom is 0.421 e. The molecule has 29 heavy (non-hydrogen) atoms. The van der Waals surface area contributed by atoms with Gasteiger partial charge in [-0.05, 0) is 45.9 Å². The molecule has 1 amide bonds. The van der Waals surface area contributed by atoms with Crippen LogP contribution in [0.5, 0.6) is 11.5 Å². The van der Waals surface area contributed by atoms with Crippen molar-refractivity contribution in [3.8, 4) is 11.5 Å². The van der Waals surface area contributed by atoms with Crippen molar-refractivity contribution in [3.63, 3.8) is 0 Å². The van der Waals surface area contributed by atoms with Crippen LogP contribution in [0.25, 0.3) is 0 Å². The summed E-state index contributed by atoms with van der Waals surface area (Å²) in [6.45, 7) is 12.4. The molecule has 0 aliphatic carbocycles. The molecule has 1 fully saturated rings. The lowest BCUT2D eigenvalue weighted by molar-refractivity contribution is 0.0380. The molecule has 1 aromatic carbocycles. The smallest absolute Gasteiger partial charge is 0.421 e. The minimum atomic E-state index is -4.09. The van der Waals surface area contributed by atoms with Crippen LogP contribution in [-0.4, -0.2) is 64.7 Å². The van der Waals surface area contributed by atoms with E-state index < -0.39 is 21.7 Å². The number of nitrogens with one attached hydrogen (secondary N) is 1. The third-order valence-electron chi connectivity index (χ3n) is 3.91. The Hall–Kier alpha value is -2.04. The lowest BCUT2D eigenvalue weighted by atomic mass is 10.2. The molecule has 0 bridgehead atoms. The highest BCUT2D eigenvalue weighted by Gasteiger charge is 2.29. The van der Waals surface area contributed by atoms with Gasteiger partial charge < -0.3 is 18.9 Å². The number of nitrogens with zero attached hydrogens (tertiary/aromatic N) is 1. The Bertz CT molecular complexity index is 781. The Kier molecular flexibility index (Phi) is 8.12. The molecule has 3 rings (SSSR count). The highest BCUT2D eigenvalue weighted by Crippen LogP contribution is 2.37. The standard InChI is InChI=1S/C12H15NO6S.C7H15NO/c1-12(2,3)19-11(14)13-20(15,16)9-6-4-5-8-10(9)18-7-17-8;1-2-3-8-4-6-9-7-5-8/h4-6H,7H2,1-3H3,(H,13,14);2-7H2,1H3. The molecule has 9 nitrogen and oxygen atoms in total. The van der Waals surface area contributed by atoms with Crippen molar-refractivity contribution in [2.75, 3.05) is 39.6 Å². The summed E-state index contributed by atoms with van der Waals surface area (Å²) in [7, 11) is -4.09. The molecule has 2 heterocycles. The highest BCUT2D eigenvalue weighted by molar-refractivity contribution is 7.90. The zero-order valence-electron chi connectivity index (χ0n) is 17.4. The maximum absolute atomic E-state index is 12.1. The first kappa shape index (κ1) is 23.2. The van der Waals surface area contributed by atoms with E-state index in [1.54, 1.807) is 26.8 Å². The normalized spacial score (nSPS) is 16.6. The van der Waals surface area contributed by atoms with Gasteiger partial charge in [-0.25, -0.2) is 17.9 Å². The molecule has 2 aliphatic heterocycles. The number of ether oxygens (including phenoxy) is 4. The van der Waals surface area contributed by atoms with Crippen molar-refractivity contribution >= 4 is 16.1 Å². The van der Waals surface area contributed by atoms with Crippen LogP contribution in [0.3, 0.4) is 0 Å². The van der Waals surface area contributed by atoms with Crippen LogP contribution in [0, 0.1) is 0 Å². The first-order valence-electron chi connectivity index (χ1n) is 9.57. The van der Waals surface area contributed by atoms with E-state index in [1.165, 1.54) is 25.1 Å². The fraction of sp³-hybridized carbons (Fsp3) is 0.632. The molecule has 2 aliphatic rings. The summed E-state index contributed by atoms with van der Waals surface area (Å²) in [5.74, 6) is 0.403. The zero-order valence-corrected chi connectivity index (χ0v) is 18.2. The third kappa shape index (κ3) is 7.37. The Morgan fingerprint density at radius 1 is 1.21 bits per heavy atom. The van der Waals surface area contributed by atoms with Crippen LogP contribution in [0.1, 0.15) is 34.1 Å². The predicted molar refractivity (Wildman–Crippen MR) is 107 cm³/mol. The summed E-state index contributed by atoms with van der Waals surface area (Å²) in [4.78, 5) is 13.8. The van der Waals surface area contributed by atoms with E-state index in [9.17, 15) is 13.2 Å². The number of hydrogen-bond donors (Lipinski definition) is 1. The second-order valence-electron chi connectivity index (χ2n) is 7.55. The summed E-state index contributed by atoms with van der Waals surface area (Å²) < 4.78 is 46.4. The van der Waals surface area contributed by atoms with Gasteiger partial charge >= 0.3 is 6.09 Å². The van der Waals surface area contributed by atoms with E-state index in [4.69, 9.17) is 18.9 Å². The van der Waals surface area contributed by atoms with Gasteiger partial charge in [0.25, 0.3) is 10.0 Å². The van der Waals surface area contributed by atoms with Gasteiger partial charge in [0.15, 0.2) is 11.5 Å². The van der Waals surface area contributed by atoms with Gasteiger partial charge in [0.2, 0.25) is 6.79 Å². The molecule has 0 aromatic heterocycles. The van der Waals surface area contributed by atoms with E-state index in [1.807, 2.05) is 4.72 Å². The number of carbonyl (C=O) groups excluding carboxylic acids is 1. The maximum atomic E-state index is 12.1. The minimum absolute atomic E-state index is 0.0612. The van der Waals surface area contributed by atoms with Crippen molar-refractivity contribution in [1.29, 1.82) is 0 Å². The first-order chi connectivity index (χ1) is 13.6. The second kappa shape index (κ2) is 10.1. The zero-order chi connectivity index (χ0) is 21.5. The average molecular weight is 431 g/mol. The predicted octanol–water partition coefficient (Wildman–Crippen LogP) is 2.36. The number of carbonyl (C=O) groups is 1. The molecular weight excluding hydrogens is 400 g/mol. The number of rotatable bonds is 4. The van der Waals surface area contributed by atoms with Crippen LogP contribution in [0.15, 0.2) is 23.1 Å². The number of sulfonamides is 1. The topological polar surface area (TPSA) is 103 Å². The van der Waals surface area contributed by atoms with Crippen molar-refractivity contribution in [2.24, 2.45) is 0 Å². The molecule has 0 spiro atoms.